The molecule has 2 heterocycles. The second-order valence-corrected chi connectivity index (χ2v) is 3.40. The largest absolute Gasteiger partial charge is 0.506 e. The van der Waals surface area contributed by atoms with Crippen LogP contribution in [-0.4, -0.2) is 40.1 Å². The van der Waals surface area contributed by atoms with Gasteiger partial charge in [0.1, 0.15) is 0 Å². The van der Waals surface area contributed by atoms with Crippen molar-refractivity contribution in [2.75, 3.05) is 0 Å². The van der Waals surface area contributed by atoms with Gasteiger partial charge in [-0.15, -0.1) is 0 Å². The molecule has 2 rings (SSSR count). The van der Waals surface area contributed by atoms with E-state index in [0.717, 1.165) is 4.90 Å². The maximum atomic E-state index is 11.4. The molecule has 6 nitrogen and oxygen atoms in total. The van der Waals surface area contributed by atoms with Crippen LogP contribution in [-0.2, 0) is 14.3 Å². The molecule has 0 aromatic rings. The maximum Gasteiger partial charge on any atom is 0.506 e. The van der Waals surface area contributed by atoms with E-state index in [4.69, 9.17) is 5.11 Å². The zero-order valence-corrected chi connectivity index (χ0v) is 7.30. The summed E-state index contributed by atoms with van der Waals surface area (Å²) in [6.07, 6.45) is -1.17. The SMILES string of the molecule is O=C(O)OC1CC2CCC(=O)N2C1=O. The van der Waals surface area contributed by atoms with Gasteiger partial charge in [-0.1, -0.05) is 0 Å². The number of carboxylic acid groups (broad SMARTS) is 1. The molecule has 2 amide bonds. The van der Waals surface area contributed by atoms with Gasteiger partial charge < -0.3 is 9.84 Å². The predicted octanol–water partition coefficient (Wildman–Crippen LogP) is -0.0291. The lowest BCUT2D eigenvalue weighted by Crippen LogP contribution is -2.35. The highest BCUT2D eigenvalue weighted by atomic mass is 16.7. The quantitative estimate of drug-likeness (QED) is 0.473. The van der Waals surface area contributed by atoms with Gasteiger partial charge in [0, 0.05) is 18.9 Å². The first-order chi connectivity index (χ1) is 6.59. The number of carbonyl (C=O) groups excluding carboxylic acids is 2. The molecule has 0 saturated carbocycles. The Kier molecular flexibility index (Phi) is 1.90. The van der Waals surface area contributed by atoms with E-state index in [-0.39, 0.29) is 11.9 Å². The summed E-state index contributed by atoms with van der Waals surface area (Å²) in [4.78, 5) is 34.0. The topological polar surface area (TPSA) is 83.9 Å². The first-order valence-electron chi connectivity index (χ1n) is 4.35. The van der Waals surface area contributed by atoms with Gasteiger partial charge in [0.2, 0.25) is 5.91 Å². The second-order valence-electron chi connectivity index (χ2n) is 3.40. The van der Waals surface area contributed by atoms with Crippen LogP contribution in [0, 0.1) is 0 Å². The number of amides is 2. The summed E-state index contributed by atoms with van der Waals surface area (Å²) in [5.41, 5.74) is 0. The Labute approximate surface area is 79.4 Å². The highest BCUT2D eigenvalue weighted by Crippen LogP contribution is 2.31. The van der Waals surface area contributed by atoms with E-state index in [1.807, 2.05) is 0 Å². The van der Waals surface area contributed by atoms with Gasteiger partial charge >= 0.3 is 6.16 Å². The van der Waals surface area contributed by atoms with Crippen molar-refractivity contribution in [2.24, 2.45) is 0 Å². The molecule has 2 atom stereocenters. The fourth-order valence-electron chi connectivity index (χ4n) is 1.99. The molecule has 2 aliphatic rings. The van der Waals surface area contributed by atoms with E-state index in [0.29, 0.717) is 19.3 Å². The maximum absolute atomic E-state index is 11.4. The Bertz CT molecular complexity index is 313. The van der Waals surface area contributed by atoms with Crippen LogP contribution < -0.4 is 0 Å². The third-order valence-electron chi connectivity index (χ3n) is 2.57. The molecule has 0 bridgehead atoms. The molecule has 2 fully saturated rings. The molecular weight excluding hydrogens is 190 g/mol. The number of nitrogens with zero attached hydrogens (tertiary/aromatic N) is 1. The molecule has 6 heteroatoms. The zero-order valence-electron chi connectivity index (χ0n) is 7.30. The lowest BCUT2D eigenvalue weighted by Gasteiger charge is -2.11. The molecule has 0 aromatic carbocycles. The van der Waals surface area contributed by atoms with Crippen molar-refractivity contribution in [3.63, 3.8) is 0 Å². The van der Waals surface area contributed by atoms with Crippen LogP contribution in [0.25, 0.3) is 0 Å². The molecule has 2 unspecified atom stereocenters. The van der Waals surface area contributed by atoms with Gasteiger partial charge in [-0.3, -0.25) is 14.5 Å². The molecular formula is C8H9NO5. The third-order valence-corrected chi connectivity index (χ3v) is 2.57. The number of fused-ring (bicyclic) bond motifs is 1. The summed E-state index contributed by atoms with van der Waals surface area (Å²) in [6.45, 7) is 0. The highest BCUT2D eigenvalue weighted by molar-refractivity contribution is 6.01. The Hall–Kier alpha value is -1.59. The minimum atomic E-state index is -1.48. The van der Waals surface area contributed by atoms with Crippen LogP contribution in [0.15, 0.2) is 0 Å². The van der Waals surface area contributed by atoms with Crippen molar-refractivity contribution in [1.29, 1.82) is 0 Å². The summed E-state index contributed by atoms with van der Waals surface area (Å²) in [6, 6.07) is -0.153. The normalized spacial score (nSPS) is 30.7. The van der Waals surface area contributed by atoms with Crippen LogP contribution in [0.1, 0.15) is 19.3 Å². The minimum Gasteiger partial charge on any atom is -0.450 e. The van der Waals surface area contributed by atoms with Crippen molar-refractivity contribution in [3.8, 4) is 0 Å². The van der Waals surface area contributed by atoms with Gasteiger partial charge in [-0.05, 0) is 6.42 Å². The molecule has 0 aromatic heterocycles. The second kappa shape index (κ2) is 2.97. The van der Waals surface area contributed by atoms with Gasteiger partial charge in [0.25, 0.3) is 5.91 Å². The number of hydrogen-bond acceptors (Lipinski definition) is 4. The Morgan fingerprint density at radius 2 is 2.21 bits per heavy atom. The van der Waals surface area contributed by atoms with Crippen LogP contribution in [0.5, 0.6) is 0 Å². The van der Waals surface area contributed by atoms with Gasteiger partial charge in [0.05, 0.1) is 0 Å². The van der Waals surface area contributed by atoms with Crippen molar-refractivity contribution in [3.05, 3.63) is 0 Å². The third kappa shape index (κ3) is 1.23. The summed E-state index contributed by atoms with van der Waals surface area (Å²) in [5.74, 6) is -0.739. The fraction of sp³-hybridized carbons (Fsp3) is 0.625. The molecule has 2 saturated heterocycles. The lowest BCUT2D eigenvalue weighted by molar-refractivity contribution is -0.144. The highest BCUT2D eigenvalue weighted by Gasteiger charge is 2.48. The van der Waals surface area contributed by atoms with E-state index < -0.39 is 18.2 Å². The van der Waals surface area contributed by atoms with Crippen molar-refractivity contribution in [2.45, 2.75) is 31.4 Å². The molecule has 1 N–H and O–H groups in total. The van der Waals surface area contributed by atoms with Crippen LogP contribution >= 0.6 is 0 Å². The number of hydrogen-bond donors (Lipinski definition) is 1. The minimum absolute atomic E-state index is 0.153. The number of rotatable bonds is 1. The monoisotopic (exact) mass is 199 g/mol. The fourth-order valence-corrected chi connectivity index (χ4v) is 1.99. The van der Waals surface area contributed by atoms with Crippen molar-refractivity contribution < 1.29 is 24.2 Å². The average molecular weight is 199 g/mol. The van der Waals surface area contributed by atoms with Gasteiger partial charge in [0.15, 0.2) is 6.10 Å². The Morgan fingerprint density at radius 1 is 1.50 bits per heavy atom. The van der Waals surface area contributed by atoms with Gasteiger partial charge in [-0.25, -0.2) is 4.79 Å². The summed E-state index contributed by atoms with van der Waals surface area (Å²) in [5, 5.41) is 8.34. The van der Waals surface area contributed by atoms with Crippen LogP contribution in [0.2, 0.25) is 0 Å². The molecule has 14 heavy (non-hydrogen) atoms. The molecule has 0 spiro atoms. The molecule has 0 aliphatic carbocycles. The number of imide groups is 1. The summed E-state index contributed by atoms with van der Waals surface area (Å²) >= 11 is 0. The Balaban J connectivity index is 2.10. The zero-order chi connectivity index (χ0) is 10.3. The molecule has 2 aliphatic heterocycles. The van der Waals surface area contributed by atoms with Crippen molar-refractivity contribution in [1.82, 2.24) is 4.90 Å². The lowest BCUT2D eigenvalue weighted by atomic mass is 10.1. The van der Waals surface area contributed by atoms with E-state index in [9.17, 15) is 14.4 Å². The van der Waals surface area contributed by atoms with E-state index in [1.54, 1.807) is 0 Å². The van der Waals surface area contributed by atoms with E-state index >= 15 is 0 Å². The van der Waals surface area contributed by atoms with Crippen LogP contribution in [0.4, 0.5) is 4.79 Å². The average Bonchev–Trinajstić information content (AvgIpc) is 2.57. The standard InChI is InChI=1S/C8H9NO5/c10-6-2-1-4-3-5(14-8(12)13)7(11)9(4)6/h4-5H,1-3H2,(H,12,13). The predicted molar refractivity (Wildman–Crippen MR) is 42.4 cm³/mol. The first-order valence-corrected chi connectivity index (χ1v) is 4.35. The first kappa shape index (κ1) is 8.98. The summed E-state index contributed by atoms with van der Waals surface area (Å²) in [7, 11) is 0. The summed E-state index contributed by atoms with van der Waals surface area (Å²) < 4.78 is 4.38. The number of carbonyl (C=O) groups is 3. The van der Waals surface area contributed by atoms with Crippen molar-refractivity contribution >= 4 is 18.0 Å². The van der Waals surface area contributed by atoms with Gasteiger partial charge in [-0.2, -0.15) is 0 Å². The number of ether oxygens (including phenoxy) is 1. The van der Waals surface area contributed by atoms with E-state index in [2.05, 4.69) is 4.74 Å². The smallest absolute Gasteiger partial charge is 0.450 e. The molecule has 0 radical (unpaired) electrons. The molecule has 76 valence electrons. The van der Waals surface area contributed by atoms with E-state index in [1.165, 1.54) is 0 Å². The van der Waals surface area contributed by atoms with Crippen LogP contribution in [0.3, 0.4) is 0 Å². The Morgan fingerprint density at radius 3 is 2.79 bits per heavy atom.